The number of anilines is 2. The lowest BCUT2D eigenvalue weighted by molar-refractivity contribution is -0.122. The Kier molecular flexibility index (Phi) is 8.29. The normalized spacial score (nSPS) is 12.3. The van der Waals surface area contributed by atoms with Gasteiger partial charge in [0.1, 0.15) is 6.04 Å². The molecule has 1 unspecified atom stereocenters. The first-order valence-corrected chi connectivity index (χ1v) is 12.1. The number of para-hydroxylation sites is 1. The van der Waals surface area contributed by atoms with Crippen LogP contribution in [0.2, 0.25) is 0 Å². The highest BCUT2D eigenvalue weighted by molar-refractivity contribution is 7.92. The molecule has 2 aromatic carbocycles. The summed E-state index contributed by atoms with van der Waals surface area (Å²) in [6, 6.07) is 14.7. The molecular formula is C23H33N3O3S. The molecule has 0 saturated carbocycles. The lowest BCUT2D eigenvalue weighted by Gasteiger charge is -2.30. The second-order valence-corrected chi connectivity index (χ2v) is 9.51. The Balaban J connectivity index is 2.04. The van der Waals surface area contributed by atoms with Crippen molar-refractivity contribution in [2.45, 2.75) is 39.7 Å². The fraction of sp³-hybridized carbons (Fsp3) is 0.435. The zero-order valence-electron chi connectivity index (χ0n) is 18.6. The number of benzene rings is 2. The van der Waals surface area contributed by atoms with Crippen LogP contribution in [0.25, 0.3) is 0 Å². The van der Waals surface area contributed by atoms with Gasteiger partial charge in [0, 0.05) is 25.8 Å². The molecule has 164 valence electrons. The third kappa shape index (κ3) is 6.23. The number of sulfonamides is 1. The topological polar surface area (TPSA) is 69.7 Å². The average molecular weight is 432 g/mol. The number of rotatable bonds is 10. The van der Waals surface area contributed by atoms with E-state index in [1.807, 2.05) is 70.3 Å². The zero-order chi connectivity index (χ0) is 22.3. The van der Waals surface area contributed by atoms with Crippen LogP contribution in [-0.4, -0.2) is 46.8 Å². The Labute approximate surface area is 180 Å². The Hall–Kier alpha value is -2.54. The minimum Gasteiger partial charge on any atom is -0.375 e. The van der Waals surface area contributed by atoms with Crippen LogP contribution in [0.5, 0.6) is 0 Å². The van der Waals surface area contributed by atoms with E-state index in [-0.39, 0.29) is 5.91 Å². The smallest absolute Gasteiger partial charge is 0.243 e. The maximum absolute atomic E-state index is 12.9. The van der Waals surface area contributed by atoms with Crippen LogP contribution in [0.4, 0.5) is 11.4 Å². The van der Waals surface area contributed by atoms with E-state index < -0.39 is 16.1 Å². The molecule has 2 aromatic rings. The number of aryl methyl sites for hydroxylation is 2. The van der Waals surface area contributed by atoms with Gasteiger partial charge >= 0.3 is 0 Å². The summed E-state index contributed by atoms with van der Waals surface area (Å²) in [6.07, 6.45) is 2.29. The van der Waals surface area contributed by atoms with Gasteiger partial charge in [-0.1, -0.05) is 31.2 Å². The molecule has 7 heteroatoms. The van der Waals surface area contributed by atoms with Gasteiger partial charge in [0.05, 0.1) is 11.9 Å². The van der Waals surface area contributed by atoms with Crippen molar-refractivity contribution in [2.75, 3.05) is 35.6 Å². The van der Waals surface area contributed by atoms with Crippen LogP contribution in [-0.2, 0) is 14.8 Å². The Morgan fingerprint density at radius 1 is 1.03 bits per heavy atom. The standard InChI is InChI=1S/C23H33N3O3S/c1-6-22(26(30(5,28)29)21-14-13-18(2)19(3)17-21)23(27)24-15-10-16-25(4)20-11-8-7-9-12-20/h7-9,11-14,17,22H,6,10,15-16H2,1-5H3,(H,24,27). The van der Waals surface area contributed by atoms with E-state index in [0.717, 1.165) is 36.0 Å². The molecule has 0 aromatic heterocycles. The highest BCUT2D eigenvalue weighted by Gasteiger charge is 2.31. The Bertz CT molecular complexity index is 945. The molecule has 0 heterocycles. The number of nitrogens with one attached hydrogen (secondary N) is 1. The lowest BCUT2D eigenvalue weighted by atomic mass is 10.1. The monoisotopic (exact) mass is 431 g/mol. The molecule has 0 radical (unpaired) electrons. The SMILES string of the molecule is CCC(C(=O)NCCCN(C)c1ccccc1)N(c1ccc(C)c(C)c1)S(C)(=O)=O. The Morgan fingerprint density at radius 3 is 2.27 bits per heavy atom. The van der Waals surface area contributed by atoms with E-state index >= 15 is 0 Å². The molecule has 0 saturated heterocycles. The first-order valence-electron chi connectivity index (χ1n) is 10.3. The molecule has 1 N–H and O–H groups in total. The predicted octanol–water partition coefficient (Wildman–Crippen LogP) is 3.49. The molecule has 1 atom stereocenters. The van der Waals surface area contributed by atoms with Crippen molar-refractivity contribution in [1.29, 1.82) is 0 Å². The van der Waals surface area contributed by atoms with E-state index in [2.05, 4.69) is 10.2 Å². The van der Waals surface area contributed by atoms with Crippen LogP contribution in [0.15, 0.2) is 48.5 Å². The summed E-state index contributed by atoms with van der Waals surface area (Å²) in [5, 5.41) is 2.92. The molecular weight excluding hydrogens is 398 g/mol. The Morgan fingerprint density at radius 2 is 1.70 bits per heavy atom. The second kappa shape index (κ2) is 10.5. The number of amides is 1. The summed E-state index contributed by atoms with van der Waals surface area (Å²) in [7, 11) is -1.61. The van der Waals surface area contributed by atoms with Gasteiger partial charge in [0.15, 0.2) is 0 Å². The summed E-state index contributed by atoms with van der Waals surface area (Å²) in [6.45, 7) is 7.00. The first kappa shape index (κ1) is 23.7. The highest BCUT2D eigenvalue weighted by atomic mass is 32.2. The van der Waals surface area contributed by atoms with E-state index in [0.29, 0.717) is 18.7 Å². The van der Waals surface area contributed by atoms with Gasteiger partial charge in [-0.15, -0.1) is 0 Å². The van der Waals surface area contributed by atoms with Gasteiger partial charge in [0.25, 0.3) is 0 Å². The molecule has 0 fully saturated rings. The molecule has 6 nitrogen and oxygen atoms in total. The fourth-order valence-corrected chi connectivity index (χ4v) is 4.58. The van der Waals surface area contributed by atoms with Crippen LogP contribution in [0.3, 0.4) is 0 Å². The zero-order valence-corrected chi connectivity index (χ0v) is 19.4. The molecule has 0 aliphatic carbocycles. The summed E-state index contributed by atoms with van der Waals surface area (Å²) in [5.41, 5.74) is 3.70. The average Bonchev–Trinajstić information content (AvgIpc) is 2.71. The summed E-state index contributed by atoms with van der Waals surface area (Å²) < 4.78 is 26.3. The predicted molar refractivity (Wildman–Crippen MR) is 125 cm³/mol. The molecule has 0 aliphatic heterocycles. The van der Waals surface area contributed by atoms with Crippen molar-refractivity contribution >= 4 is 27.3 Å². The van der Waals surface area contributed by atoms with Crippen LogP contribution < -0.4 is 14.5 Å². The van der Waals surface area contributed by atoms with E-state index in [4.69, 9.17) is 0 Å². The minimum atomic E-state index is -3.62. The third-order valence-electron chi connectivity index (χ3n) is 5.24. The molecule has 0 aliphatic rings. The van der Waals surface area contributed by atoms with Crippen molar-refractivity contribution in [2.24, 2.45) is 0 Å². The van der Waals surface area contributed by atoms with Gasteiger partial charge in [0.2, 0.25) is 15.9 Å². The van der Waals surface area contributed by atoms with Gasteiger partial charge in [-0.3, -0.25) is 9.10 Å². The van der Waals surface area contributed by atoms with Crippen molar-refractivity contribution < 1.29 is 13.2 Å². The number of carbonyl (C=O) groups excluding carboxylic acids is 1. The van der Waals surface area contributed by atoms with E-state index in [1.54, 1.807) is 6.07 Å². The van der Waals surface area contributed by atoms with Gasteiger partial charge in [-0.05, 0) is 62.1 Å². The molecule has 30 heavy (non-hydrogen) atoms. The van der Waals surface area contributed by atoms with Crippen LogP contribution >= 0.6 is 0 Å². The van der Waals surface area contributed by atoms with Gasteiger partial charge < -0.3 is 10.2 Å². The second-order valence-electron chi connectivity index (χ2n) is 7.65. The molecule has 1 amide bonds. The van der Waals surface area contributed by atoms with E-state index in [1.165, 1.54) is 4.31 Å². The summed E-state index contributed by atoms with van der Waals surface area (Å²) in [4.78, 5) is 15.0. The summed E-state index contributed by atoms with van der Waals surface area (Å²) >= 11 is 0. The van der Waals surface area contributed by atoms with Crippen LogP contribution in [0.1, 0.15) is 30.9 Å². The van der Waals surface area contributed by atoms with Crippen molar-refractivity contribution in [3.05, 3.63) is 59.7 Å². The maximum atomic E-state index is 12.9. The highest BCUT2D eigenvalue weighted by Crippen LogP contribution is 2.25. The first-order chi connectivity index (χ1) is 14.1. The quantitative estimate of drug-likeness (QED) is 0.585. The largest absolute Gasteiger partial charge is 0.375 e. The molecule has 0 spiro atoms. The van der Waals surface area contributed by atoms with Gasteiger partial charge in [-0.25, -0.2) is 8.42 Å². The number of nitrogens with zero attached hydrogens (tertiary/aromatic N) is 2. The summed E-state index contributed by atoms with van der Waals surface area (Å²) in [5.74, 6) is -0.275. The number of carbonyl (C=O) groups is 1. The van der Waals surface area contributed by atoms with Crippen molar-refractivity contribution in [3.63, 3.8) is 0 Å². The minimum absolute atomic E-state index is 0.275. The maximum Gasteiger partial charge on any atom is 0.243 e. The lowest BCUT2D eigenvalue weighted by Crippen LogP contribution is -2.49. The third-order valence-corrected chi connectivity index (χ3v) is 6.42. The number of hydrogen-bond acceptors (Lipinski definition) is 4. The van der Waals surface area contributed by atoms with E-state index in [9.17, 15) is 13.2 Å². The molecule has 0 bridgehead atoms. The number of hydrogen-bond donors (Lipinski definition) is 1. The molecule has 2 rings (SSSR count). The fourth-order valence-electron chi connectivity index (χ4n) is 3.38. The van der Waals surface area contributed by atoms with Crippen molar-refractivity contribution in [3.8, 4) is 0 Å². The van der Waals surface area contributed by atoms with Crippen molar-refractivity contribution in [1.82, 2.24) is 5.32 Å². The van der Waals surface area contributed by atoms with Gasteiger partial charge in [-0.2, -0.15) is 0 Å². The van der Waals surface area contributed by atoms with Crippen LogP contribution in [0, 0.1) is 13.8 Å².